The SMILES string of the molecule is O=C(Cc1cnc[nH]1)NC1CC[C@@H]2CN(Cc3ccccc3)C[C@@H]2C1. The molecule has 2 heterocycles. The van der Waals surface area contributed by atoms with E-state index in [1.165, 1.54) is 18.5 Å². The molecule has 1 aliphatic heterocycles. The molecule has 1 aliphatic carbocycles. The first-order valence-corrected chi connectivity index (χ1v) is 9.29. The van der Waals surface area contributed by atoms with Crippen LogP contribution in [0.15, 0.2) is 42.9 Å². The van der Waals surface area contributed by atoms with E-state index >= 15 is 0 Å². The van der Waals surface area contributed by atoms with E-state index in [9.17, 15) is 4.79 Å². The monoisotopic (exact) mass is 338 g/mol. The summed E-state index contributed by atoms with van der Waals surface area (Å²) in [4.78, 5) is 21.7. The number of nitrogens with zero attached hydrogens (tertiary/aromatic N) is 2. The van der Waals surface area contributed by atoms with Crippen LogP contribution in [0.1, 0.15) is 30.5 Å². The first kappa shape index (κ1) is 16.3. The van der Waals surface area contributed by atoms with Gasteiger partial charge >= 0.3 is 0 Å². The molecule has 5 heteroatoms. The van der Waals surface area contributed by atoms with Gasteiger partial charge in [-0.2, -0.15) is 0 Å². The number of carbonyl (C=O) groups is 1. The molecule has 25 heavy (non-hydrogen) atoms. The molecule has 4 rings (SSSR count). The number of imidazole rings is 1. The van der Waals surface area contributed by atoms with E-state index in [1.807, 2.05) is 0 Å². The smallest absolute Gasteiger partial charge is 0.226 e. The van der Waals surface area contributed by atoms with Crippen molar-refractivity contribution in [3.8, 4) is 0 Å². The Labute approximate surface area is 148 Å². The van der Waals surface area contributed by atoms with Gasteiger partial charge in [0.05, 0.1) is 12.7 Å². The van der Waals surface area contributed by atoms with E-state index in [1.54, 1.807) is 12.5 Å². The van der Waals surface area contributed by atoms with Crippen LogP contribution in [-0.2, 0) is 17.8 Å². The van der Waals surface area contributed by atoms with E-state index in [2.05, 4.69) is 50.5 Å². The van der Waals surface area contributed by atoms with Crippen LogP contribution in [0.3, 0.4) is 0 Å². The van der Waals surface area contributed by atoms with Crippen LogP contribution in [0.4, 0.5) is 0 Å². The van der Waals surface area contributed by atoms with Gasteiger partial charge < -0.3 is 10.3 Å². The molecule has 1 saturated carbocycles. The Bertz CT molecular complexity index is 685. The van der Waals surface area contributed by atoms with Crippen LogP contribution in [0.2, 0.25) is 0 Å². The molecule has 2 N–H and O–H groups in total. The highest BCUT2D eigenvalue weighted by atomic mass is 16.1. The van der Waals surface area contributed by atoms with Gasteiger partial charge in [0.2, 0.25) is 5.91 Å². The molecule has 1 amide bonds. The zero-order chi connectivity index (χ0) is 17.1. The number of benzene rings is 1. The molecular weight excluding hydrogens is 312 g/mol. The minimum Gasteiger partial charge on any atom is -0.353 e. The second-order valence-electron chi connectivity index (χ2n) is 7.53. The molecule has 2 aromatic rings. The number of rotatable bonds is 5. The lowest BCUT2D eigenvalue weighted by molar-refractivity contribution is -0.121. The molecule has 0 radical (unpaired) electrons. The maximum atomic E-state index is 12.2. The molecular formula is C20H26N4O. The minimum absolute atomic E-state index is 0.104. The average molecular weight is 338 g/mol. The number of nitrogens with one attached hydrogen (secondary N) is 2. The number of carbonyl (C=O) groups excluding carboxylic acids is 1. The Morgan fingerprint density at radius 2 is 2.04 bits per heavy atom. The van der Waals surface area contributed by atoms with Crippen LogP contribution < -0.4 is 5.32 Å². The van der Waals surface area contributed by atoms with Crippen LogP contribution in [0.5, 0.6) is 0 Å². The van der Waals surface area contributed by atoms with E-state index in [0.717, 1.165) is 43.5 Å². The third kappa shape index (κ3) is 4.10. The molecule has 3 atom stereocenters. The highest BCUT2D eigenvalue weighted by Gasteiger charge is 2.37. The zero-order valence-electron chi connectivity index (χ0n) is 14.5. The Morgan fingerprint density at radius 3 is 2.84 bits per heavy atom. The van der Waals surface area contributed by atoms with Gasteiger partial charge in [0.15, 0.2) is 0 Å². The fourth-order valence-electron chi connectivity index (χ4n) is 4.46. The largest absolute Gasteiger partial charge is 0.353 e. The quantitative estimate of drug-likeness (QED) is 0.880. The van der Waals surface area contributed by atoms with Crippen LogP contribution in [0, 0.1) is 11.8 Å². The zero-order valence-corrected chi connectivity index (χ0v) is 14.5. The van der Waals surface area contributed by atoms with Crippen molar-refractivity contribution in [1.29, 1.82) is 0 Å². The third-order valence-corrected chi connectivity index (χ3v) is 5.65. The molecule has 2 fully saturated rings. The van der Waals surface area contributed by atoms with Gasteiger partial charge in [-0.3, -0.25) is 9.69 Å². The third-order valence-electron chi connectivity index (χ3n) is 5.65. The Morgan fingerprint density at radius 1 is 1.20 bits per heavy atom. The standard InChI is InChI=1S/C20H26N4O/c25-20(9-19-10-21-14-22-19)23-18-7-6-16-12-24(13-17(16)8-18)11-15-4-2-1-3-5-15/h1-5,10,14,16-18H,6-9,11-13H2,(H,21,22)(H,23,25)/t16-,17+,18?/m1/s1. The number of aromatic amines is 1. The van der Waals surface area contributed by atoms with Crippen LogP contribution in [-0.4, -0.2) is 39.9 Å². The van der Waals surface area contributed by atoms with Gasteiger partial charge in [-0.1, -0.05) is 30.3 Å². The van der Waals surface area contributed by atoms with Gasteiger partial charge in [-0.25, -0.2) is 4.98 Å². The number of hydrogen-bond donors (Lipinski definition) is 2. The summed E-state index contributed by atoms with van der Waals surface area (Å²) in [5.74, 6) is 1.62. The number of aromatic nitrogens is 2. The fourth-order valence-corrected chi connectivity index (χ4v) is 4.46. The summed E-state index contributed by atoms with van der Waals surface area (Å²) < 4.78 is 0. The van der Waals surface area contributed by atoms with Crippen LogP contribution in [0.25, 0.3) is 0 Å². The van der Waals surface area contributed by atoms with Crippen molar-refractivity contribution in [3.63, 3.8) is 0 Å². The number of amides is 1. The van der Waals surface area contributed by atoms with Gasteiger partial charge in [-0.15, -0.1) is 0 Å². The molecule has 1 unspecified atom stereocenters. The lowest BCUT2D eigenvalue weighted by Gasteiger charge is -2.31. The Hall–Kier alpha value is -2.14. The molecule has 132 valence electrons. The van der Waals surface area contributed by atoms with Gasteiger partial charge in [0.25, 0.3) is 0 Å². The number of hydrogen-bond acceptors (Lipinski definition) is 3. The lowest BCUT2D eigenvalue weighted by Crippen LogP contribution is -2.41. The average Bonchev–Trinajstić information content (AvgIpc) is 3.24. The Balaban J connectivity index is 1.27. The minimum atomic E-state index is 0.104. The topological polar surface area (TPSA) is 61.0 Å². The molecule has 2 aliphatic rings. The van der Waals surface area contributed by atoms with Crippen molar-refractivity contribution in [2.75, 3.05) is 13.1 Å². The molecule has 1 saturated heterocycles. The van der Waals surface area contributed by atoms with Gasteiger partial charge in [-0.05, 0) is 36.7 Å². The van der Waals surface area contributed by atoms with E-state index in [4.69, 9.17) is 0 Å². The van der Waals surface area contributed by atoms with E-state index in [-0.39, 0.29) is 5.91 Å². The van der Waals surface area contributed by atoms with Crippen molar-refractivity contribution in [2.45, 2.75) is 38.3 Å². The van der Waals surface area contributed by atoms with Crippen molar-refractivity contribution >= 4 is 5.91 Å². The molecule has 0 spiro atoms. The normalized spacial score (nSPS) is 26.3. The Kier molecular flexibility index (Phi) is 4.83. The van der Waals surface area contributed by atoms with Gasteiger partial charge in [0, 0.05) is 37.6 Å². The summed E-state index contributed by atoms with van der Waals surface area (Å²) in [5.41, 5.74) is 2.27. The predicted molar refractivity (Wildman–Crippen MR) is 96.8 cm³/mol. The van der Waals surface area contributed by atoms with Crippen molar-refractivity contribution in [2.24, 2.45) is 11.8 Å². The molecule has 5 nitrogen and oxygen atoms in total. The van der Waals surface area contributed by atoms with Crippen molar-refractivity contribution in [1.82, 2.24) is 20.2 Å². The second-order valence-corrected chi connectivity index (χ2v) is 7.53. The molecule has 1 aromatic heterocycles. The number of H-pyrrole nitrogens is 1. The maximum absolute atomic E-state index is 12.2. The molecule has 1 aromatic carbocycles. The second kappa shape index (κ2) is 7.40. The number of likely N-dealkylation sites (tertiary alicyclic amines) is 1. The summed E-state index contributed by atoms with van der Waals surface area (Å²) >= 11 is 0. The van der Waals surface area contributed by atoms with E-state index < -0.39 is 0 Å². The lowest BCUT2D eigenvalue weighted by atomic mass is 9.79. The van der Waals surface area contributed by atoms with E-state index in [0.29, 0.717) is 12.5 Å². The van der Waals surface area contributed by atoms with Gasteiger partial charge in [0.1, 0.15) is 0 Å². The van der Waals surface area contributed by atoms with Crippen LogP contribution >= 0.6 is 0 Å². The first-order chi connectivity index (χ1) is 12.3. The first-order valence-electron chi connectivity index (χ1n) is 9.29. The number of fused-ring (bicyclic) bond motifs is 1. The maximum Gasteiger partial charge on any atom is 0.226 e. The molecule has 0 bridgehead atoms. The summed E-state index contributed by atoms with van der Waals surface area (Å²) in [6.45, 7) is 3.41. The fraction of sp³-hybridized carbons (Fsp3) is 0.500. The highest BCUT2D eigenvalue weighted by Crippen LogP contribution is 2.36. The van der Waals surface area contributed by atoms with Crippen molar-refractivity contribution in [3.05, 3.63) is 54.1 Å². The summed E-state index contributed by atoms with van der Waals surface area (Å²) in [7, 11) is 0. The predicted octanol–water partition coefficient (Wildman–Crippen LogP) is 2.37. The summed E-state index contributed by atoms with van der Waals surface area (Å²) in [6, 6.07) is 11.0. The summed E-state index contributed by atoms with van der Waals surface area (Å²) in [5, 5.41) is 3.23. The highest BCUT2D eigenvalue weighted by molar-refractivity contribution is 5.78. The summed E-state index contributed by atoms with van der Waals surface area (Å²) in [6.07, 6.45) is 7.18. The van der Waals surface area contributed by atoms with Crippen molar-refractivity contribution < 1.29 is 4.79 Å².